The van der Waals surface area contributed by atoms with E-state index in [-0.39, 0.29) is 12.1 Å². The maximum Gasteiger partial charge on any atom is 0.126 e. The molecule has 1 aromatic carbocycles. The fraction of sp³-hybridized carbons (Fsp3) is 0.625. The highest BCUT2D eigenvalue weighted by Gasteiger charge is 2.33. The van der Waals surface area contributed by atoms with Gasteiger partial charge in [-0.05, 0) is 56.9 Å². The molecule has 2 rings (SSSR count). The Kier molecular flexibility index (Phi) is 5.70. The van der Waals surface area contributed by atoms with E-state index in [0.717, 1.165) is 31.4 Å². The minimum Gasteiger partial charge on any atom is -0.488 e. The number of hydrogen-bond donors (Lipinski definition) is 2. The van der Waals surface area contributed by atoms with E-state index < -0.39 is 6.10 Å². The quantitative estimate of drug-likeness (QED) is 0.875. The molecular weight excluding hydrogens is 274 g/mol. The first-order valence-electron chi connectivity index (χ1n) is 7.46. The normalized spacial score (nSPS) is 28.1. The summed E-state index contributed by atoms with van der Waals surface area (Å²) in [6, 6.07) is 7.85. The van der Waals surface area contributed by atoms with Gasteiger partial charge in [-0.15, -0.1) is 0 Å². The number of halogens is 1. The first-order chi connectivity index (χ1) is 9.60. The number of rotatable bonds is 5. The van der Waals surface area contributed by atoms with Crippen molar-refractivity contribution in [2.75, 3.05) is 0 Å². The Bertz CT molecular complexity index is 409. The predicted octanol–water partition coefficient (Wildman–Crippen LogP) is 3.39. The number of benzene rings is 1. The third-order valence-electron chi connectivity index (χ3n) is 4.01. The summed E-state index contributed by atoms with van der Waals surface area (Å²) >= 11 is 5.86. The molecule has 0 radical (unpaired) electrons. The zero-order valence-electron chi connectivity index (χ0n) is 12.2. The number of aliphatic hydroxyl groups excluding tert-OH is 1. The lowest BCUT2D eigenvalue weighted by atomic mass is 9.89. The van der Waals surface area contributed by atoms with Gasteiger partial charge in [0.25, 0.3) is 0 Å². The second-order valence-electron chi connectivity index (χ2n) is 5.61. The molecule has 0 spiro atoms. The van der Waals surface area contributed by atoms with Gasteiger partial charge in [-0.1, -0.05) is 18.5 Å². The second kappa shape index (κ2) is 7.30. The fourth-order valence-electron chi connectivity index (χ4n) is 2.62. The molecule has 3 nitrogen and oxygen atoms in total. The van der Waals surface area contributed by atoms with Crippen molar-refractivity contribution in [3.05, 3.63) is 29.3 Å². The molecule has 0 heterocycles. The third-order valence-corrected chi connectivity index (χ3v) is 4.26. The van der Waals surface area contributed by atoms with E-state index in [4.69, 9.17) is 16.3 Å². The van der Waals surface area contributed by atoms with E-state index >= 15 is 0 Å². The molecule has 0 aromatic heterocycles. The zero-order valence-corrected chi connectivity index (χ0v) is 12.9. The van der Waals surface area contributed by atoms with Crippen molar-refractivity contribution in [1.82, 2.24) is 5.32 Å². The summed E-state index contributed by atoms with van der Waals surface area (Å²) in [6.45, 7) is 4.30. The highest BCUT2D eigenvalue weighted by atomic mass is 35.5. The molecule has 1 fully saturated rings. The number of nitrogens with one attached hydrogen (secondary N) is 1. The molecule has 1 aromatic rings. The first-order valence-corrected chi connectivity index (χ1v) is 7.84. The average molecular weight is 298 g/mol. The Labute approximate surface area is 126 Å². The minimum atomic E-state index is -0.464. The Balaban J connectivity index is 1.95. The van der Waals surface area contributed by atoms with Crippen LogP contribution in [-0.2, 0) is 0 Å². The third kappa shape index (κ3) is 4.11. The number of aliphatic hydroxyl groups is 1. The second-order valence-corrected chi connectivity index (χ2v) is 6.05. The van der Waals surface area contributed by atoms with Crippen LogP contribution in [0.25, 0.3) is 0 Å². The molecule has 0 bridgehead atoms. The molecule has 1 aliphatic carbocycles. The van der Waals surface area contributed by atoms with Gasteiger partial charge in [-0.3, -0.25) is 0 Å². The molecule has 0 aliphatic heterocycles. The van der Waals surface area contributed by atoms with Crippen LogP contribution in [0.1, 0.15) is 39.5 Å². The minimum absolute atomic E-state index is 0.121. The van der Waals surface area contributed by atoms with Crippen LogP contribution in [0.15, 0.2) is 24.3 Å². The van der Waals surface area contributed by atoms with E-state index in [0.29, 0.717) is 11.1 Å². The van der Waals surface area contributed by atoms with Crippen molar-refractivity contribution >= 4 is 11.6 Å². The molecule has 4 unspecified atom stereocenters. The lowest BCUT2D eigenvalue weighted by Gasteiger charge is -2.36. The summed E-state index contributed by atoms with van der Waals surface area (Å²) in [5.74, 6) is 0.766. The predicted molar refractivity (Wildman–Crippen MR) is 82.4 cm³/mol. The van der Waals surface area contributed by atoms with Gasteiger partial charge in [0, 0.05) is 17.1 Å². The topological polar surface area (TPSA) is 41.5 Å². The van der Waals surface area contributed by atoms with Crippen molar-refractivity contribution in [2.45, 2.75) is 63.8 Å². The lowest BCUT2D eigenvalue weighted by molar-refractivity contribution is -0.0177. The Morgan fingerprint density at radius 1 is 1.35 bits per heavy atom. The van der Waals surface area contributed by atoms with E-state index in [9.17, 15) is 5.11 Å². The highest BCUT2D eigenvalue weighted by Crippen LogP contribution is 2.25. The summed E-state index contributed by atoms with van der Waals surface area (Å²) in [5, 5.41) is 14.7. The van der Waals surface area contributed by atoms with Crippen LogP contribution in [-0.4, -0.2) is 29.4 Å². The summed E-state index contributed by atoms with van der Waals surface area (Å²) in [7, 11) is 0. The van der Waals surface area contributed by atoms with Gasteiger partial charge in [0.2, 0.25) is 0 Å². The van der Waals surface area contributed by atoms with Crippen LogP contribution < -0.4 is 10.1 Å². The molecule has 2 N–H and O–H groups in total. The zero-order chi connectivity index (χ0) is 14.5. The Hall–Kier alpha value is -0.770. The highest BCUT2D eigenvalue weighted by molar-refractivity contribution is 6.30. The van der Waals surface area contributed by atoms with Crippen molar-refractivity contribution in [3.63, 3.8) is 0 Å². The van der Waals surface area contributed by atoms with Crippen LogP contribution in [0.3, 0.4) is 0 Å². The number of ether oxygens (including phenoxy) is 1. The maximum absolute atomic E-state index is 10.5. The molecule has 0 saturated heterocycles. The van der Waals surface area contributed by atoms with Gasteiger partial charge in [-0.2, -0.15) is 0 Å². The van der Waals surface area contributed by atoms with Gasteiger partial charge in [0.15, 0.2) is 0 Å². The van der Waals surface area contributed by atoms with Gasteiger partial charge in [0.05, 0.1) is 0 Å². The molecule has 4 atom stereocenters. The average Bonchev–Trinajstić information content (AvgIpc) is 2.45. The van der Waals surface area contributed by atoms with Gasteiger partial charge < -0.3 is 15.2 Å². The summed E-state index contributed by atoms with van der Waals surface area (Å²) in [4.78, 5) is 0. The molecule has 1 saturated carbocycles. The van der Waals surface area contributed by atoms with Crippen molar-refractivity contribution in [2.24, 2.45) is 0 Å². The summed E-state index contributed by atoms with van der Waals surface area (Å²) in [5.41, 5.74) is 0. The molecule has 20 heavy (non-hydrogen) atoms. The Morgan fingerprint density at radius 2 is 2.05 bits per heavy atom. The van der Waals surface area contributed by atoms with E-state index in [2.05, 4.69) is 19.2 Å². The van der Waals surface area contributed by atoms with E-state index in [1.165, 1.54) is 0 Å². The van der Waals surface area contributed by atoms with Crippen LogP contribution in [0.2, 0.25) is 5.02 Å². The lowest BCUT2D eigenvalue weighted by Crippen LogP contribution is -2.53. The van der Waals surface area contributed by atoms with Crippen molar-refractivity contribution in [1.29, 1.82) is 0 Å². The van der Waals surface area contributed by atoms with Crippen molar-refractivity contribution < 1.29 is 9.84 Å². The largest absolute Gasteiger partial charge is 0.488 e. The monoisotopic (exact) mass is 297 g/mol. The first kappa shape index (κ1) is 15.6. The van der Waals surface area contributed by atoms with Gasteiger partial charge in [0.1, 0.15) is 18.0 Å². The maximum atomic E-state index is 10.5. The SMILES string of the molecule is CCC(C)NC1CCCC(Oc2ccc(Cl)cc2)C1O. The van der Waals surface area contributed by atoms with E-state index in [1.54, 1.807) is 12.1 Å². The summed E-state index contributed by atoms with van der Waals surface area (Å²) in [6.07, 6.45) is 3.42. The summed E-state index contributed by atoms with van der Waals surface area (Å²) < 4.78 is 5.92. The molecular formula is C16H24ClNO2. The fourth-order valence-corrected chi connectivity index (χ4v) is 2.75. The molecule has 0 amide bonds. The van der Waals surface area contributed by atoms with Crippen LogP contribution in [0.4, 0.5) is 0 Å². The van der Waals surface area contributed by atoms with Crippen LogP contribution in [0, 0.1) is 0 Å². The number of hydrogen-bond acceptors (Lipinski definition) is 3. The Morgan fingerprint density at radius 3 is 2.70 bits per heavy atom. The van der Waals surface area contributed by atoms with E-state index in [1.807, 2.05) is 12.1 Å². The van der Waals surface area contributed by atoms with Crippen molar-refractivity contribution in [3.8, 4) is 5.75 Å². The van der Waals surface area contributed by atoms with Gasteiger partial charge >= 0.3 is 0 Å². The molecule has 4 heteroatoms. The molecule has 112 valence electrons. The standard InChI is InChI=1S/C16H24ClNO2/c1-3-11(2)18-14-5-4-6-15(16(14)19)20-13-9-7-12(17)8-10-13/h7-11,14-16,18-19H,3-6H2,1-2H3. The van der Waals surface area contributed by atoms with Gasteiger partial charge in [-0.25, -0.2) is 0 Å². The smallest absolute Gasteiger partial charge is 0.126 e. The van der Waals surface area contributed by atoms with Crippen LogP contribution in [0.5, 0.6) is 5.75 Å². The van der Waals surface area contributed by atoms with Crippen LogP contribution >= 0.6 is 11.6 Å². The molecule has 1 aliphatic rings.